The number of carboxylic acids is 1. The van der Waals surface area contributed by atoms with Crippen molar-refractivity contribution < 1.29 is 19.0 Å². The fourth-order valence-electron chi connectivity index (χ4n) is 4.26. The largest absolute Gasteiger partial charge is 0.488 e. The highest BCUT2D eigenvalue weighted by molar-refractivity contribution is 9.10. The van der Waals surface area contributed by atoms with Gasteiger partial charge in [-0.25, -0.2) is 9.18 Å². The van der Waals surface area contributed by atoms with Gasteiger partial charge in [-0.3, -0.25) is 0 Å². The molecule has 4 nitrogen and oxygen atoms in total. The van der Waals surface area contributed by atoms with Gasteiger partial charge in [0, 0.05) is 21.4 Å². The lowest BCUT2D eigenvalue weighted by Gasteiger charge is -2.17. The van der Waals surface area contributed by atoms with Crippen LogP contribution in [0.2, 0.25) is 0 Å². The molecule has 0 aliphatic rings. The van der Waals surface area contributed by atoms with Gasteiger partial charge in [0.1, 0.15) is 18.2 Å². The minimum absolute atomic E-state index is 0.249. The Bertz CT molecular complexity index is 1560. The molecule has 0 fully saturated rings. The maximum atomic E-state index is 13.3. The normalized spacial score (nSPS) is 11.1. The lowest BCUT2D eigenvalue weighted by Crippen LogP contribution is -2.05. The van der Waals surface area contributed by atoms with Gasteiger partial charge in [0.2, 0.25) is 0 Å². The van der Waals surface area contributed by atoms with Gasteiger partial charge < -0.3 is 14.4 Å². The highest BCUT2D eigenvalue weighted by Crippen LogP contribution is 2.37. The van der Waals surface area contributed by atoms with E-state index in [1.165, 1.54) is 12.1 Å². The number of aromatic carboxylic acids is 1. The number of aryl methyl sites for hydroxylation is 1. The van der Waals surface area contributed by atoms with E-state index in [0.29, 0.717) is 11.1 Å². The predicted octanol–water partition coefficient (Wildman–Crippen LogP) is 7.78. The van der Waals surface area contributed by atoms with Crippen LogP contribution in [0.25, 0.3) is 27.7 Å². The van der Waals surface area contributed by atoms with Crippen molar-refractivity contribution in [2.45, 2.75) is 13.5 Å². The molecule has 0 saturated carbocycles. The molecule has 5 rings (SSSR count). The topological polar surface area (TPSA) is 51.5 Å². The van der Waals surface area contributed by atoms with Gasteiger partial charge in [-0.2, -0.15) is 0 Å². The van der Waals surface area contributed by atoms with E-state index < -0.39 is 5.97 Å². The average molecular weight is 530 g/mol. The second kappa shape index (κ2) is 9.39. The molecule has 0 aliphatic heterocycles. The number of carbonyl (C=O) groups is 1. The zero-order chi connectivity index (χ0) is 24.5. The molecule has 0 saturated heterocycles. The predicted molar refractivity (Wildman–Crippen MR) is 139 cm³/mol. The summed E-state index contributed by atoms with van der Waals surface area (Å²) < 4.78 is 22.4. The Labute approximate surface area is 210 Å². The Balaban J connectivity index is 1.62. The minimum atomic E-state index is -0.972. The zero-order valence-corrected chi connectivity index (χ0v) is 20.4. The standard InChI is InChI=1S/C29H21BrFNO3/c1-18-6-12-27(32(18)23-14-20-4-2-3-5-24(20)25(16-23)29(33)34)26-15-21(30)9-13-28(26)35-17-19-7-10-22(31)11-8-19/h2-16H,17H2,1H3,(H,33,34). The summed E-state index contributed by atoms with van der Waals surface area (Å²) in [6.07, 6.45) is 0. The molecule has 0 spiro atoms. The van der Waals surface area contributed by atoms with Crippen molar-refractivity contribution in [2.75, 3.05) is 0 Å². The summed E-state index contributed by atoms with van der Waals surface area (Å²) in [5.41, 5.74) is 4.52. The van der Waals surface area contributed by atoms with Crippen LogP contribution in [0.5, 0.6) is 5.75 Å². The van der Waals surface area contributed by atoms with Crippen molar-refractivity contribution >= 4 is 32.7 Å². The molecule has 0 bridgehead atoms. The number of aromatic nitrogens is 1. The number of fused-ring (bicyclic) bond motifs is 1. The van der Waals surface area contributed by atoms with Crippen molar-refractivity contribution in [3.8, 4) is 22.7 Å². The maximum Gasteiger partial charge on any atom is 0.336 e. The molecule has 0 unspecified atom stereocenters. The minimum Gasteiger partial charge on any atom is -0.488 e. The fourth-order valence-corrected chi connectivity index (χ4v) is 4.62. The highest BCUT2D eigenvalue weighted by Gasteiger charge is 2.18. The molecule has 35 heavy (non-hydrogen) atoms. The lowest BCUT2D eigenvalue weighted by atomic mass is 10.0. The summed E-state index contributed by atoms with van der Waals surface area (Å²) in [6, 6.07) is 27.2. The van der Waals surface area contributed by atoms with Crippen LogP contribution in [-0.2, 0) is 6.61 Å². The Morgan fingerprint density at radius 2 is 1.74 bits per heavy atom. The van der Waals surface area contributed by atoms with Crippen molar-refractivity contribution in [1.82, 2.24) is 4.57 Å². The molecule has 174 valence electrons. The summed E-state index contributed by atoms with van der Waals surface area (Å²) in [5, 5.41) is 11.4. The molecule has 0 amide bonds. The highest BCUT2D eigenvalue weighted by atomic mass is 79.9. The fraction of sp³-hybridized carbons (Fsp3) is 0.0690. The molecular weight excluding hydrogens is 509 g/mol. The number of carboxylic acid groups (broad SMARTS) is 1. The van der Waals surface area contributed by atoms with Crippen molar-refractivity contribution in [3.05, 3.63) is 118 Å². The van der Waals surface area contributed by atoms with Crippen LogP contribution in [0.1, 0.15) is 21.6 Å². The Hall–Kier alpha value is -3.90. The lowest BCUT2D eigenvalue weighted by molar-refractivity contribution is 0.0699. The molecule has 4 aromatic carbocycles. The van der Waals surface area contributed by atoms with Gasteiger partial charge in [-0.1, -0.05) is 52.3 Å². The quantitative estimate of drug-likeness (QED) is 0.244. The number of benzene rings is 4. The first-order valence-electron chi connectivity index (χ1n) is 11.0. The Morgan fingerprint density at radius 3 is 2.51 bits per heavy atom. The molecule has 0 aliphatic carbocycles. The second-order valence-electron chi connectivity index (χ2n) is 8.27. The maximum absolute atomic E-state index is 13.3. The third-order valence-corrected chi connectivity index (χ3v) is 6.43. The number of ether oxygens (including phenoxy) is 1. The molecular formula is C29H21BrFNO3. The molecule has 1 N–H and O–H groups in total. The van der Waals surface area contributed by atoms with Gasteiger partial charge in [0.05, 0.1) is 11.3 Å². The monoisotopic (exact) mass is 529 g/mol. The van der Waals surface area contributed by atoms with Crippen LogP contribution in [0, 0.1) is 12.7 Å². The van der Waals surface area contributed by atoms with Crippen LogP contribution in [-0.4, -0.2) is 15.6 Å². The molecule has 1 aromatic heterocycles. The zero-order valence-electron chi connectivity index (χ0n) is 18.8. The van der Waals surface area contributed by atoms with E-state index in [0.717, 1.165) is 38.1 Å². The number of hydrogen-bond acceptors (Lipinski definition) is 2. The summed E-state index contributed by atoms with van der Waals surface area (Å²) in [7, 11) is 0. The SMILES string of the molecule is Cc1ccc(-c2cc(Br)ccc2OCc2ccc(F)cc2)n1-c1cc(C(=O)O)c2ccccc2c1. The second-order valence-corrected chi connectivity index (χ2v) is 9.19. The first kappa shape index (κ1) is 22.9. The molecule has 1 heterocycles. The number of hydrogen-bond donors (Lipinski definition) is 1. The van der Waals surface area contributed by atoms with Crippen LogP contribution in [0.4, 0.5) is 4.39 Å². The summed E-state index contributed by atoms with van der Waals surface area (Å²) in [5.74, 6) is -0.598. The van der Waals surface area contributed by atoms with Crippen molar-refractivity contribution in [2.24, 2.45) is 0 Å². The van der Waals surface area contributed by atoms with Crippen LogP contribution in [0.15, 0.2) is 95.5 Å². The first-order chi connectivity index (χ1) is 16.9. The first-order valence-corrected chi connectivity index (χ1v) is 11.8. The summed E-state index contributed by atoms with van der Waals surface area (Å²) in [4.78, 5) is 12.1. The van der Waals surface area contributed by atoms with E-state index in [2.05, 4.69) is 15.9 Å². The number of nitrogens with zero attached hydrogens (tertiary/aromatic N) is 1. The third-order valence-electron chi connectivity index (χ3n) is 5.94. The van der Waals surface area contributed by atoms with E-state index in [4.69, 9.17) is 4.74 Å². The Morgan fingerprint density at radius 1 is 0.971 bits per heavy atom. The van der Waals surface area contributed by atoms with Gasteiger partial charge in [-0.05, 0) is 77.9 Å². The van der Waals surface area contributed by atoms with E-state index in [9.17, 15) is 14.3 Å². The molecule has 0 atom stereocenters. The van der Waals surface area contributed by atoms with E-state index in [1.807, 2.05) is 72.2 Å². The van der Waals surface area contributed by atoms with Gasteiger partial charge in [0.15, 0.2) is 0 Å². The van der Waals surface area contributed by atoms with Crippen LogP contribution in [0.3, 0.4) is 0 Å². The van der Waals surface area contributed by atoms with Crippen molar-refractivity contribution in [1.29, 1.82) is 0 Å². The molecule has 6 heteroatoms. The van der Waals surface area contributed by atoms with E-state index >= 15 is 0 Å². The van der Waals surface area contributed by atoms with Gasteiger partial charge in [-0.15, -0.1) is 0 Å². The smallest absolute Gasteiger partial charge is 0.336 e. The summed E-state index contributed by atoms with van der Waals surface area (Å²) in [6.45, 7) is 2.27. The van der Waals surface area contributed by atoms with Gasteiger partial charge >= 0.3 is 5.97 Å². The van der Waals surface area contributed by atoms with E-state index in [1.54, 1.807) is 18.2 Å². The van der Waals surface area contributed by atoms with Gasteiger partial charge in [0.25, 0.3) is 0 Å². The van der Waals surface area contributed by atoms with Crippen LogP contribution < -0.4 is 4.74 Å². The summed E-state index contributed by atoms with van der Waals surface area (Å²) >= 11 is 3.56. The average Bonchev–Trinajstić information content (AvgIpc) is 3.24. The van der Waals surface area contributed by atoms with E-state index in [-0.39, 0.29) is 18.0 Å². The molecule has 5 aromatic rings. The number of rotatable bonds is 6. The third kappa shape index (κ3) is 4.57. The van der Waals surface area contributed by atoms with Crippen molar-refractivity contribution in [3.63, 3.8) is 0 Å². The van der Waals surface area contributed by atoms with Crippen LogP contribution >= 0.6 is 15.9 Å². The Kier molecular flexibility index (Phi) is 6.14. The number of halogens is 2. The molecule has 0 radical (unpaired) electrons.